The van der Waals surface area contributed by atoms with Crippen molar-refractivity contribution < 1.29 is 4.74 Å². The zero-order valence-corrected chi connectivity index (χ0v) is 12.8. The SMILES string of the molecule is CCCc1cc(CCl)cc(N2C[C@@H](C)O[C@@H](C)C2)n1. The highest BCUT2D eigenvalue weighted by Gasteiger charge is 2.23. The van der Waals surface area contributed by atoms with Crippen LogP contribution in [-0.4, -0.2) is 30.3 Å². The number of halogens is 1. The summed E-state index contributed by atoms with van der Waals surface area (Å²) in [6.45, 7) is 8.19. The van der Waals surface area contributed by atoms with Crippen LogP contribution in [0, 0.1) is 0 Å². The highest BCUT2D eigenvalue weighted by atomic mass is 35.5. The Hall–Kier alpha value is -0.800. The van der Waals surface area contributed by atoms with Crippen LogP contribution in [0.5, 0.6) is 0 Å². The van der Waals surface area contributed by atoms with Crippen molar-refractivity contribution in [2.24, 2.45) is 0 Å². The van der Waals surface area contributed by atoms with Gasteiger partial charge < -0.3 is 9.64 Å². The van der Waals surface area contributed by atoms with Gasteiger partial charge in [0.15, 0.2) is 0 Å². The molecule has 106 valence electrons. The summed E-state index contributed by atoms with van der Waals surface area (Å²) in [7, 11) is 0. The van der Waals surface area contributed by atoms with E-state index in [1.807, 2.05) is 0 Å². The van der Waals surface area contributed by atoms with Crippen molar-refractivity contribution in [3.8, 4) is 0 Å². The van der Waals surface area contributed by atoms with E-state index in [-0.39, 0.29) is 12.2 Å². The average molecular weight is 283 g/mol. The Morgan fingerprint density at radius 3 is 2.58 bits per heavy atom. The molecule has 0 radical (unpaired) electrons. The summed E-state index contributed by atoms with van der Waals surface area (Å²) < 4.78 is 5.78. The van der Waals surface area contributed by atoms with Gasteiger partial charge in [-0.05, 0) is 38.0 Å². The summed E-state index contributed by atoms with van der Waals surface area (Å²) in [6.07, 6.45) is 2.61. The molecule has 1 saturated heterocycles. The maximum atomic E-state index is 6.00. The molecule has 1 fully saturated rings. The topological polar surface area (TPSA) is 25.4 Å². The quantitative estimate of drug-likeness (QED) is 0.792. The Bertz CT molecular complexity index is 415. The molecule has 1 aromatic rings. The van der Waals surface area contributed by atoms with Crippen LogP contribution < -0.4 is 4.90 Å². The van der Waals surface area contributed by atoms with Crippen molar-refractivity contribution in [2.45, 2.75) is 51.7 Å². The van der Waals surface area contributed by atoms with Gasteiger partial charge in [-0.25, -0.2) is 4.98 Å². The largest absolute Gasteiger partial charge is 0.372 e. The smallest absolute Gasteiger partial charge is 0.129 e. The van der Waals surface area contributed by atoms with E-state index in [2.05, 4.69) is 37.8 Å². The summed E-state index contributed by atoms with van der Waals surface area (Å²) in [4.78, 5) is 7.09. The number of hydrogen-bond acceptors (Lipinski definition) is 3. The van der Waals surface area contributed by atoms with Crippen molar-refractivity contribution in [1.82, 2.24) is 4.98 Å². The molecule has 1 aliphatic heterocycles. The van der Waals surface area contributed by atoms with E-state index in [1.165, 1.54) is 0 Å². The molecule has 0 amide bonds. The Morgan fingerprint density at radius 1 is 1.32 bits per heavy atom. The molecule has 2 rings (SSSR count). The molecule has 4 heteroatoms. The van der Waals surface area contributed by atoms with Gasteiger partial charge in [-0.2, -0.15) is 0 Å². The van der Waals surface area contributed by atoms with Crippen molar-refractivity contribution in [2.75, 3.05) is 18.0 Å². The van der Waals surface area contributed by atoms with Gasteiger partial charge >= 0.3 is 0 Å². The molecule has 1 aromatic heterocycles. The third kappa shape index (κ3) is 3.83. The van der Waals surface area contributed by atoms with Crippen LogP contribution in [0.3, 0.4) is 0 Å². The van der Waals surface area contributed by atoms with E-state index in [1.54, 1.807) is 0 Å². The monoisotopic (exact) mass is 282 g/mol. The fraction of sp³-hybridized carbons (Fsp3) is 0.667. The fourth-order valence-electron chi connectivity index (χ4n) is 2.62. The minimum atomic E-state index is 0.250. The van der Waals surface area contributed by atoms with Crippen LogP contribution in [0.2, 0.25) is 0 Å². The molecule has 1 aliphatic rings. The number of anilines is 1. The third-order valence-electron chi connectivity index (χ3n) is 3.33. The predicted octanol–water partition coefficient (Wildman–Crippen LogP) is 3.39. The zero-order chi connectivity index (χ0) is 13.8. The molecule has 0 unspecified atom stereocenters. The lowest BCUT2D eigenvalue weighted by Crippen LogP contribution is -2.46. The Morgan fingerprint density at radius 2 is 2.00 bits per heavy atom. The number of ether oxygens (including phenoxy) is 1. The number of alkyl halides is 1. The van der Waals surface area contributed by atoms with Crippen LogP contribution >= 0.6 is 11.6 Å². The Labute approximate surface area is 120 Å². The van der Waals surface area contributed by atoms with E-state index in [0.717, 1.165) is 43.0 Å². The van der Waals surface area contributed by atoms with Gasteiger partial charge in [0.2, 0.25) is 0 Å². The number of rotatable bonds is 4. The molecule has 0 bridgehead atoms. The summed E-state index contributed by atoms with van der Waals surface area (Å²) in [6, 6.07) is 4.23. The molecule has 2 atom stereocenters. The highest BCUT2D eigenvalue weighted by molar-refractivity contribution is 6.17. The van der Waals surface area contributed by atoms with Crippen molar-refractivity contribution in [3.63, 3.8) is 0 Å². The standard InChI is InChI=1S/C15H23ClN2O/c1-4-5-14-6-13(8-16)7-15(17-14)18-9-11(2)19-12(3)10-18/h6-7,11-12H,4-5,8-10H2,1-3H3/t11-,12+. The van der Waals surface area contributed by atoms with Gasteiger partial charge in [0, 0.05) is 24.7 Å². The second-order valence-electron chi connectivity index (χ2n) is 5.37. The number of hydrogen-bond donors (Lipinski definition) is 0. The van der Waals surface area contributed by atoms with Crippen LogP contribution in [0.4, 0.5) is 5.82 Å². The minimum absolute atomic E-state index is 0.250. The van der Waals surface area contributed by atoms with Gasteiger partial charge in [-0.3, -0.25) is 0 Å². The summed E-state index contributed by atoms with van der Waals surface area (Å²) in [5, 5.41) is 0. The van der Waals surface area contributed by atoms with Gasteiger partial charge in [-0.15, -0.1) is 11.6 Å². The van der Waals surface area contributed by atoms with Crippen molar-refractivity contribution in [1.29, 1.82) is 0 Å². The first kappa shape index (κ1) is 14.6. The van der Waals surface area contributed by atoms with Crippen molar-refractivity contribution in [3.05, 3.63) is 23.4 Å². The molecule has 3 nitrogen and oxygen atoms in total. The maximum absolute atomic E-state index is 6.00. The van der Waals surface area contributed by atoms with Gasteiger partial charge in [-0.1, -0.05) is 13.3 Å². The van der Waals surface area contributed by atoms with E-state index in [4.69, 9.17) is 21.3 Å². The van der Waals surface area contributed by atoms with Gasteiger partial charge in [0.05, 0.1) is 12.2 Å². The second-order valence-corrected chi connectivity index (χ2v) is 5.64. The van der Waals surface area contributed by atoms with Crippen LogP contribution in [0.1, 0.15) is 38.4 Å². The lowest BCUT2D eigenvalue weighted by molar-refractivity contribution is -0.00547. The number of morpholine rings is 1. The summed E-state index contributed by atoms with van der Waals surface area (Å²) in [5.41, 5.74) is 2.30. The number of aromatic nitrogens is 1. The molecule has 0 aliphatic carbocycles. The number of aryl methyl sites for hydroxylation is 1. The molecule has 0 aromatic carbocycles. The van der Waals surface area contributed by atoms with E-state index in [0.29, 0.717) is 5.88 Å². The normalized spacial score (nSPS) is 23.7. The van der Waals surface area contributed by atoms with Crippen LogP contribution in [0.15, 0.2) is 12.1 Å². The predicted molar refractivity (Wildman–Crippen MR) is 80.0 cm³/mol. The molecular weight excluding hydrogens is 260 g/mol. The van der Waals surface area contributed by atoms with Gasteiger partial charge in [0.1, 0.15) is 5.82 Å². The first-order chi connectivity index (χ1) is 9.12. The average Bonchev–Trinajstić information content (AvgIpc) is 2.37. The zero-order valence-electron chi connectivity index (χ0n) is 12.0. The lowest BCUT2D eigenvalue weighted by atomic mass is 10.1. The first-order valence-electron chi connectivity index (χ1n) is 7.08. The first-order valence-corrected chi connectivity index (χ1v) is 7.62. The van der Waals surface area contributed by atoms with Crippen molar-refractivity contribution >= 4 is 17.4 Å². The summed E-state index contributed by atoms with van der Waals surface area (Å²) >= 11 is 6.00. The van der Waals surface area contributed by atoms with Crippen LogP contribution in [-0.2, 0) is 17.0 Å². The maximum Gasteiger partial charge on any atom is 0.129 e. The number of pyridine rings is 1. The fourth-order valence-corrected chi connectivity index (χ4v) is 2.78. The third-order valence-corrected chi connectivity index (χ3v) is 3.64. The molecule has 0 saturated carbocycles. The highest BCUT2D eigenvalue weighted by Crippen LogP contribution is 2.21. The van der Waals surface area contributed by atoms with E-state index < -0.39 is 0 Å². The molecule has 0 spiro atoms. The van der Waals surface area contributed by atoms with E-state index >= 15 is 0 Å². The molecule has 2 heterocycles. The minimum Gasteiger partial charge on any atom is -0.372 e. The van der Waals surface area contributed by atoms with Crippen LogP contribution in [0.25, 0.3) is 0 Å². The lowest BCUT2D eigenvalue weighted by Gasteiger charge is -2.36. The van der Waals surface area contributed by atoms with Gasteiger partial charge in [0.25, 0.3) is 0 Å². The van der Waals surface area contributed by atoms with E-state index in [9.17, 15) is 0 Å². The summed E-state index contributed by atoms with van der Waals surface area (Å²) in [5.74, 6) is 1.59. The number of nitrogens with zero attached hydrogens (tertiary/aromatic N) is 2. The second kappa shape index (κ2) is 6.58. The molecular formula is C15H23ClN2O. The molecule has 19 heavy (non-hydrogen) atoms. The Kier molecular flexibility index (Phi) is 5.06. The molecule has 0 N–H and O–H groups in total. The Balaban J connectivity index is 2.24.